The first-order valence-corrected chi connectivity index (χ1v) is 19.6. The van der Waals surface area contributed by atoms with Crippen LogP contribution in [0.4, 0.5) is 0 Å². The highest BCUT2D eigenvalue weighted by Crippen LogP contribution is 2.65. The molecule has 18 aromatic rings. The Kier molecular flexibility index (Phi) is 2.89. The summed E-state index contributed by atoms with van der Waals surface area (Å²) in [7, 11) is 0. The fourth-order valence-corrected chi connectivity index (χ4v) is 14.1. The smallest absolute Gasteiger partial charge is 0.00000352 e. The van der Waals surface area contributed by atoms with Crippen molar-refractivity contribution in [1.82, 2.24) is 0 Å². The van der Waals surface area contributed by atoms with Gasteiger partial charge in [0.05, 0.1) is 0 Å². The maximum absolute atomic E-state index is 2.56. The molecule has 0 atom stereocenters. The van der Waals surface area contributed by atoms with E-state index in [4.69, 9.17) is 0 Å². The van der Waals surface area contributed by atoms with Crippen LogP contribution in [0.25, 0.3) is 183 Å². The van der Waals surface area contributed by atoms with Crippen LogP contribution in [0.2, 0.25) is 0 Å². The van der Waals surface area contributed by atoms with Crippen molar-refractivity contribution >= 4 is 183 Å². The Hall–Kier alpha value is -6.89. The van der Waals surface area contributed by atoms with Crippen LogP contribution in [0, 0.1) is 6.42 Å². The first-order valence-electron chi connectivity index (χ1n) is 19.6. The van der Waals surface area contributed by atoms with Gasteiger partial charge in [0, 0.05) is 0 Å². The largest absolute Gasteiger partial charge is 0.183 e. The summed E-state index contributed by atoms with van der Waals surface area (Å²) in [5.41, 5.74) is 2.91. The highest BCUT2D eigenvalue weighted by molar-refractivity contribution is 6.66. The van der Waals surface area contributed by atoms with Crippen molar-refractivity contribution in [3.8, 4) is 0 Å². The Balaban J connectivity index is 1.39. The molecule has 0 fully saturated rings. The van der Waals surface area contributed by atoms with Gasteiger partial charge in [-0.15, -0.1) is 5.39 Å². The van der Waals surface area contributed by atoms with Crippen LogP contribution in [-0.4, -0.2) is 0 Å². The Morgan fingerprint density at radius 3 is 0.796 bits per heavy atom. The van der Waals surface area contributed by atoms with E-state index in [-0.39, 0.29) is 0 Å². The molecule has 0 spiro atoms. The van der Waals surface area contributed by atoms with Crippen molar-refractivity contribution in [3.63, 3.8) is 0 Å². The lowest BCUT2D eigenvalue weighted by molar-refractivity contribution is 1.19. The molecule has 18 aromatic carbocycles. The second-order valence-electron chi connectivity index (χ2n) is 17.5. The first kappa shape index (κ1) is 23.6. The third kappa shape index (κ3) is 1.90. The predicted molar refractivity (Wildman–Crippen MR) is 234 cm³/mol. The third-order valence-electron chi connectivity index (χ3n) is 15.6. The molecule has 0 radical (unpaired) electrons. The predicted octanol–water partition coefficient (Wildman–Crippen LogP) is 15.2. The molecule has 0 heteroatoms. The van der Waals surface area contributed by atoms with Gasteiger partial charge in [-0.25, -0.2) is 0 Å². The Morgan fingerprint density at radius 1 is 0.222 bits per heavy atom. The summed E-state index contributed by atoms with van der Waals surface area (Å²) in [6, 6.07) is 39.4. The fourth-order valence-electron chi connectivity index (χ4n) is 14.1. The zero-order valence-corrected chi connectivity index (χ0v) is 28.5. The maximum atomic E-state index is 2.56. The second kappa shape index (κ2) is 6.61. The molecule has 0 heterocycles. The standard InChI is InChI=1S/C54H19/c1-2-20-14-22-5-6-24-16-26-9-11-29-18-30-12-10-28-17-27-8-7-25-15-23-4-3-21-13-19(1)31-32(20)44-34(22)36(24)46-39(26)41(29)48-42(30)40(28)47-38(27)37(25)45-35(23)33(21)43(31)49-50(44)52(46)54(48)53(47)51(45)49/h1-11,13-18H,12H2/q-1. The van der Waals surface area contributed by atoms with E-state index in [1.807, 2.05) is 0 Å². The van der Waals surface area contributed by atoms with E-state index in [9.17, 15) is 0 Å². The molecule has 0 unspecified atom stereocenters. The van der Waals surface area contributed by atoms with Gasteiger partial charge in [0.15, 0.2) is 0 Å². The summed E-state index contributed by atoms with van der Waals surface area (Å²) >= 11 is 0. The normalized spacial score (nSPS) is 15.1. The molecule has 0 nitrogen and oxygen atoms in total. The summed E-state index contributed by atoms with van der Waals surface area (Å²) in [6.07, 6.45) is 3.52. The molecule has 1 aliphatic rings. The van der Waals surface area contributed by atoms with Gasteiger partial charge in [0.2, 0.25) is 0 Å². The molecule has 0 saturated heterocycles. The van der Waals surface area contributed by atoms with Crippen LogP contribution < -0.4 is 0 Å². The van der Waals surface area contributed by atoms with Gasteiger partial charge in [-0.05, 0) is 186 Å². The lowest BCUT2D eigenvalue weighted by Gasteiger charge is -2.36. The summed E-state index contributed by atoms with van der Waals surface area (Å²) in [6.45, 7) is 0. The van der Waals surface area contributed by atoms with E-state index < -0.39 is 0 Å². The van der Waals surface area contributed by atoms with Gasteiger partial charge >= 0.3 is 0 Å². The first-order chi connectivity index (χ1) is 26.8. The quantitative estimate of drug-likeness (QED) is 0.0858. The van der Waals surface area contributed by atoms with E-state index in [0.29, 0.717) is 0 Å². The topological polar surface area (TPSA) is 0 Å². The van der Waals surface area contributed by atoms with Crippen molar-refractivity contribution in [3.05, 3.63) is 115 Å². The van der Waals surface area contributed by atoms with Crippen LogP contribution in [0.5, 0.6) is 0 Å². The van der Waals surface area contributed by atoms with Gasteiger partial charge in [-0.3, -0.25) is 0 Å². The molecule has 0 N–H and O–H groups in total. The molecular formula is C54H19-. The average molecular weight is 668 g/mol. The fraction of sp³-hybridized carbons (Fsp3) is 0.0185. The van der Waals surface area contributed by atoms with Gasteiger partial charge in [0.25, 0.3) is 0 Å². The average Bonchev–Trinajstić information content (AvgIpc) is 3.21. The van der Waals surface area contributed by atoms with Crippen LogP contribution >= 0.6 is 0 Å². The van der Waals surface area contributed by atoms with Crippen LogP contribution in [-0.2, 0) is 6.42 Å². The van der Waals surface area contributed by atoms with E-state index in [2.05, 4.69) is 103 Å². The van der Waals surface area contributed by atoms with E-state index >= 15 is 0 Å². The molecule has 0 aromatic heterocycles. The number of hydrogen-bond acceptors (Lipinski definition) is 0. The zero-order chi connectivity index (χ0) is 33.5. The van der Waals surface area contributed by atoms with Crippen molar-refractivity contribution in [2.75, 3.05) is 0 Å². The zero-order valence-electron chi connectivity index (χ0n) is 28.5. The summed E-state index contributed by atoms with van der Waals surface area (Å²) in [5.74, 6) is 0. The minimum Gasteiger partial charge on any atom is -0.183 e. The molecule has 1 aliphatic carbocycles. The highest BCUT2D eigenvalue weighted by atomic mass is 14.4. The van der Waals surface area contributed by atoms with E-state index in [0.717, 1.165) is 6.42 Å². The third-order valence-corrected chi connectivity index (χ3v) is 15.6. The van der Waals surface area contributed by atoms with Gasteiger partial charge in [0.1, 0.15) is 0 Å². The monoisotopic (exact) mass is 667 g/mol. The van der Waals surface area contributed by atoms with Crippen LogP contribution in [0.15, 0.2) is 97.1 Å². The van der Waals surface area contributed by atoms with Crippen LogP contribution in [0.3, 0.4) is 0 Å². The molecule has 0 amide bonds. The second-order valence-corrected chi connectivity index (χ2v) is 17.5. The highest BCUT2D eigenvalue weighted by Gasteiger charge is 2.35. The van der Waals surface area contributed by atoms with Crippen LogP contribution in [0.1, 0.15) is 11.1 Å². The molecular weight excluding hydrogens is 649 g/mol. The summed E-state index contributed by atoms with van der Waals surface area (Å²) < 4.78 is 0. The van der Waals surface area contributed by atoms with Crippen molar-refractivity contribution in [2.45, 2.75) is 6.42 Å². The van der Waals surface area contributed by atoms with Gasteiger partial charge in [-0.2, -0.15) is 18.1 Å². The van der Waals surface area contributed by atoms with Gasteiger partial charge < -0.3 is 0 Å². The molecule has 0 aliphatic heterocycles. The molecule has 236 valence electrons. The minimum atomic E-state index is 0.978. The maximum Gasteiger partial charge on any atom is -0.00000352 e. The molecule has 0 bridgehead atoms. The number of rotatable bonds is 0. The number of hydrogen-bond donors (Lipinski definition) is 0. The Bertz CT molecular complexity index is 4380. The van der Waals surface area contributed by atoms with Crippen molar-refractivity contribution in [2.24, 2.45) is 0 Å². The van der Waals surface area contributed by atoms with E-state index in [1.54, 1.807) is 0 Å². The lowest BCUT2D eigenvalue weighted by atomic mass is 9.69. The summed E-state index contributed by atoms with van der Waals surface area (Å²) in [4.78, 5) is 0. The van der Waals surface area contributed by atoms with Crippen molar-refractivity contribution in [1.29, 1.82) is 0 Å². The summed E-state index contributed by atoms with van der Waals surface area (Å²) in [5, 5.41) is 49.7. The minimum absolute atomic E-state index is 0.978. The Morgan fingerprint density at radius 2 is 0.463 bits per heavy atom. The molecule has 0 saturated carbocycles. The number of benzene rings is 18. The van der Waals surface area contributed by atoms with E-state index in [1.165, 1.54) is 194 Å². The van der Waals surface area contributed by atoms with Crippen molar-refractivity contribution < 1.29 is 0 Å². The lowest BCUT2D eigenvalue weighted by Crippen LogP contribution is -2.06. The van der Waals surface area contributed by atoms with Gasteiger partial charge in [-0.1, -0.05) is 94.9 Å². The SMILES string of the molecule is c1cc2cc3ccc4cc5ccc6cc7ccc8cc9ccc%10cc%11c%12c%13c(cc1c1c2c2c3c4c3c5c6c4c7c8c5c9c%10c%12c6c(c%131)c2c3c4c56)[CH-]C%11. The molecule has 54 heavy (non-hydrogen) atoms. The molecule has 19 rings (SSSR count). The Labute approximate surface area is 303 Å².